The van der Waals surface area contributed by atoms with E-state index in [2.05, 4.69) is 0 Å². The van der Waals surface area contributed by atoms with Crippen LogP contribution in [-0.4, -0.2) is 12.4 Å². The molecule has 1 aliphatic rings. The van der Waals surface area contributed by atoms with E-state index >= 15 is 0 Å². The largest absolute Gasteiger partial charge is 0.493 e. The number of halogens is 1. The van der Waals surface area contributed by atoms with Crippen molar-refractivity contribution in [3.8, 4) is 5.75 Å². The topological polar surface area (TPSA) is 26.3 Å². The number of ether oxygens (including phenoxy) is 1. The molecule has 0 bridgehead atoms. The van der Waals surface area contributed by atoms with Crippen molar-refractivity contribution in [3.05, 3.63) is 29.1 Å². The van der Waals surface area contributed by atoms with Crippen molar-refractivity contribution < 1.29 is 13.9 Å². The fraction of sp³-hybridized carbons (Fsp3) is 0.300. The first-order chi connectivity index (χ1) is 6.20. The van der Waals surface area contributed by atoms with Gasteiger partial charge >= 0.3 is 0 Å². The first-order valence-electron chi connectivity index (χ1n) is 4.15. The average molecular weight is 180 g/mol. The van der Waals surface area contributed by atoms with Gasteiger partial charge in [-0.15, -0.1) is 0 Å². The Bertz CT molecular complexity index is 371. The molecule has 0 saturated heterocycles. The summed E-state index contributed by atoms with van der Waals surface area (Å²) in [7, 11) is 0. The first kappa shape index (κ1) is 8.23. The number of fused-ring (bicyclic) bond motifs is 1. The Kier molecular flexibility index (Phi) is 1.79. The van der Waals surface area contributed by atoms with Crippen LogP contribution in [0, 0.1) is 5.82 Å². The summed E-state index contributed by atoms with van der Waals surface area (Å²) in [6, 6.07) is 3.13. The van der Waals surface area contributed by atoms with Crippen molar-refractivity contribution >= 4 is 5.78 Å². The van der Waals surface area contributed by atoms with Crippen LogP contribution in [0.3, 0.4) is 0 Å². The van der Waals surface area contributed by atoms with Gasteiger partial charge in [-0.25, -0.2) is 4.39 Å². The van der Waals surface area contributed by atoms with Crippen LogP contribution in [0.5, 0.6) is 5.75 Å². The van der Waals surface area contributed by atoms with E-state index in [1.807, 2.05) is 0 Å². The van der Waals surface area contributed by atoms with Crippen LogP contribution in [0.15, 0.2) is 12.1 Å². The zero-order valence-corrected chi connectivity index (χ0v) is 7.26. The molecule has 1 heterocycles. The van der Waals surface area contributed by atoms with Gasteiger partial charge in [-0.05, 0) is 19.1 Å². The van der Waals surface area contributed by atoms with E-state index in [-0.39, 0.29) is 11.3 Å². The van der Waals surface area contributed by atoms with Gasteiger partial charge in [0.1, 0.15) is 11.6 Å². The summed E-state index contributed by atoms with van der Waals surface area (Å²) in [5, 5.41) is 0. The van der Waals surface area contributed by atoms with Crippen LogP contribution < -0.4 is 4.74 Å². The van der Waals surface area contributed by atoms with Crippen LogP contribution in [-0.2, 0) is 6.42 Å². The monoisotopic (exact) mass is 180 g/mol. The molecule has 0 atom stereocenters. The lowest BCUT2D eigenvalue weighted by Gasteiger charge is -2.03. The van der Waals surface area contributed by atoms with E-state index in [4.69, 9.17) is 4.74 Å². The van der Waals surface area contributed by atoms with Crippen LogP contribution in [0.2, 0.25) is 0 Å². The molecule has 1 aliphatic heterocycles. The number of benzene rings is 1. The van der Waals surface area contributed by atoms with Crippen LogP contribution >= 0.6 is 0 Å². The number of carbonyl (C=O) groups excluding carboxylic acids is 1. The Labute approximate surface area is 75.3 Å². The number of ketones is 1. The standard InChI is InChI=1S/C10H9FO2/c1-6(12)7-2-3-9-8(10(7)11)4-5-13-9/h2-3H,4-5H2,1H3. The number of hydrogen-bond acceptors (Lipinski definition) is 2. The SMILES string of the molecule is CC(=O)c1ccc2c(c1F)CCO2. The second-order valence-electron chi connectivity index (χ2n) is 3.06. The van der Waals surface area contributed by atoms with E-state index in [0.717, 1.165) is 0 Å². The summed E-state index contributed by atoms with van der Waals surface area (Å²) in [6.07, 6.45) is 0.558. The molecule has 1 aromatic rings. The maximum Gasteiger partial charge on any atom is 0.162 e. The van der Waals surface area contributed by atoms with Gasteiger partial charge in [0.25, 0.3) is 0 Å². The molecule has 0 N–H and O–H groups in total. The zero-order valence-electron chi connectivity index (χ0n) is 7.26. The predicted molar refractivity (Wildman–Crippen MR) is 45.6 cm³/mol. The minimum absolute atomic E-state index is 0.157. The predicted octanol–water partition coefficient (Wildman–Crippen LogP) is 1.96. The van der Waals surface area contributed by atoms with Gasteiger partial charge in [0.05, 0.1) is 12.2 Å². The maximum atomic E-state index is 13.5. The minimum atomic E-state index is -0.414. The van der Waals surface area contributed by atoms with Crippen molar-refractivity contribution in [1.82, 2.24) is 0 Å². The van der Waals surface area contributed by atoms with E-state index in [1.165, 1.54) is 13.0 Å². The second-order valence-corrected chi connectivity index (χ2v) is 3.06. The van der Waals surface area contributed by atoms with Gasteiger partial charge in [-0.3, -0.25) is 4.79 Å². The fourth-order valence-corrected chi connectivity index (χ4v) is 1.51. The molecule has 0 unspecified atom stereocenters. The highest BCUT2D eigenvalue weighted by atomic mass is 19.1. The maximum absolute atomic E-state index is 13.5. The normalized spacial score (nSPS) is 13.7. The Balaban J connectivity index is 2.59. The van der Waals surface area contributed by atoms with Gasteiger partial charge in [-0.1, -0.05) is 0 Å². The molecule has 2 nitrogen and oxygen atoms in total. The lowest BCUT2D eigenvalue weighted by Crippen LogP contribution is -1.99. The number of rotatable bonds is 1. The lowest BCUT2D eigenvalue weighted by atomic mass is 10.1. The van der Waals surface area contributed by atoms with Crippen molar-refractivity contribution in [3.63, 3.8) is 0 Å². The summed E-state index contributed by atoms with van der Waals surface area (Å²) in [5.74, 6) is -0.0859. The van der Waals surface area contributed by atoms with Gasteiger partial charge in [-0.2, -0.15) is 0 Å². The lowest BCUT2D eigenvalue weighted by molar-refractivity contribution is 0.101. The van der Waals surface area contributed by atoms with E-state index in [9.17, 15) is 9.18 Å². The molecule has 13 heavy (non-hydrogen) atoms. The third-order valence-electron chi connectivity index (χ3n) is 2.19. The second kappa shape index (κ2) is 2.83. The molecular weight excluding hydrogens is 171 g/mol. The van der Waals surface area contributed by atoms with E-state index < -0.39 is 5.82 Å². The quantitative estimate of drug-likeness (QED) is 0.617. The van der Waals surface area contributed by atoms with Crippen molar-refractivity contribution in [2.75, 3.05) is 6.61 Å². The van der Waals surface area contributed by atoms with Crippen molar-refractivity contribution in [1.29, 1.82) is 0 Å². The van der Waals surface area contributed by atoms with Gasteiger partial charge in [0, 0.05) is 12.0 Å². The number of carbonyl (C=O) groups is 1. The number of Topliss-reactive ketones (excluding diaryl/α,β-unsaturated/α-hetero) is 1. The fourth-order valence-electron chi connectivity index (χ4n) is 1.51. The summed E-state index contributed by atoms with van der Waals surface area (Å²) in [6.45, 7) is 1.87. The molecule has 0 radical (unpaired) electrons. The molecule has 0 fully saturated rings. The van der Waals surface area contributed by atoms with Crippen LogP contribution in [0.1, 0.15) is 22.8 Å². The van der Waals surface area contributed by atoms with E-state index in [1.54, 1.807) is 6.07 Å². The third-order valence-corrected chi connectivity index (χ3v) is 2.19. The van der Waals surface area contributed by atoms with Gasteiger partial charge in [0.15, 0.2) is 5.78 Å². The molecule has 2 rings (SSSR count). The molecular formula is C10H9FO2. The van der Waals surface area contributed by atoms with Crippen LogP contribution in [0.25, 0.3) is 0 Å². The van der Waals surface area contributed by atoms with Crippen LogP contribution in [0.4, 0.5) is 4.39 Å². The molecule has 1 aromatic carbocycles. The molecule has 0 aromatic heterocycles. The highest BCUT2D eigenvalue weighted by Gasteiger charge is 2.20. The Morgan fingerprint density at radius 2 is 2.31 bits per heavy atom. The highest BCUT2D eigenvalue weighted by Crippen LogP contribution is 2.29. The molecule has 0 saturated carbocycles. The smallest absolute Gasteiger partial charge is 0.162 e. The summed E-state index contributed by atoms with van der Waals surface area (Å²) >= 11 is 0. The Morgan fingerprint density at radius 3 is 3.00 bits per heavy atom. The number of hydrogen-bond donors (Lipinski definition) is 0. The molecule has 3 heteroatoms. The summed E-state index contributed by atoms with van der Waals surface area (Å²) in [4.78, 5) is 11.0. The summed E-state index contributed by atoms with van der Waals surface area (Å²) < 4.78 is 18.7. The summed E-state index contributed by atoms with van der Waals surface area (Å²) in [5.41, 5.74) is 0.692. The van der Waals surface area contributed by atoms with Gasteiger partial charge in [0.2, 0.25) is 0 Å². The Hall–Kier alpha value is -1.38. The zero-order chi connectivity index (χ0) is 9.42. The molecule has 0 aliphatic carbocycles. The molecule has 0 amide bonds. The van der Waals surface area contributed by atoms with E-state index in [0.29, 0.717) is 24.3 Å². The molecule has 68 valence electrons. The average Bonchev–Trinajstić information content (AvgIpc) is 2.52. The Morgan fingerprint density at radius 1 is 1.54 bits per heavy atom. The highest BCUT2D eigenvalue weighted by molar-refractivity contribution is 5.94. The third kappa shape index (κ3) is 1.20. The molecule has 0 spiro atoms. The van der Waals surface area contributed by atoms with Gasteiger partial charge < -0.3 is 4.74 Å². The van der Waals surface area contributed by atoms with Crippen molar-refractivity contribution in [2.45, 2.75) is 13.3 Å². The van der Waals surface area contributed by atoms with Crippen molar-refractivity contribution in [2.24, 2.45) is 0 Å². The first-order valence-corrected chi connectivity index (χ1v) is 4.15. The minimum Gasteiger partial charge on any atom is -0.493 e.